The first-order valence-electron chi connectivity index (χ1n) is 9.43. The van der Waals surface area contributed by atoms with E-state index in [-0.39, 0.29) is 23.1 Å². The summed E-state index contributed by atoms with van der Waals surface area (Å²) in [5.41, 5.74) is 1.83. The maximum absolute atomic E-state index is 13.0. The van der Waals surface area contributed by atoms with Crippen LogP contribution in [0.15, 0.2) is 15.5 Å². The summed E-state index contributed by atoms with van der Waals surface area (Å²) >= 11 is 0. The average Bonchev–Trinajstić information content (AvgIpc) is 2.81. The maximum Gasteiger partial charge on any atom is 0.263 e. The van der Waals surface area contributed by atoms with E-state index in [4.69, 9.17) is 4.52 Å². The van der Waals surface area contributed by atoms with Crippen molar-refractivity contribution in [1.82, 2.24) is 24.9 Å². The number of nitrogens with one attached hydrogen (secondary N) is 1. The molecule has 5 rings (SSSR count). The second-order valence-electron chi connectivity index (χ2n) is 7.76. The molecule has 1 N–H and O–H groups in total. The third-order valence-corrected chi connectivity index (χ3v) is 5.77. The normalized spacial score (nSPS) is 22.9. The molecule has 2 bridgehead atoms. The number of carbonyl (C=O) groups excluding carboxylic acids is 1. The minimum Gasteiger partial charge on any atom is -0.361 e. The van der Waals surface area contributed by atoms with Crippen molar-refractivity contribution in [2.75, 3.05) is 19.6 Å². The van der Waals surface area contributed by atoms with Gasteiger partial charge in [-0.25, -0.2) is 4.98 Å². The first-order valence-corrected chi connectivity index (χ1v) is 9.43. The van der Waals surface area contributed by atoms with Gasteiger partial charge in [-0.15, -0.1) is 0 Å². The lowest BCUT2D eigenvalue weighted by atomic mass is 9.94. The van der Waals surface area contributed by atoms with E-state index < -0.39 is 0 Å². The molecule has 2 atom stereocenters. The van der Waals surface area contributed by atoms with E-state index in [0.29, 0.717) is 18.3 Å². The molecule has 0 radical (unpaired) electrons. The molecule has 3 fully saturated rings. The molecule has 0 aromatic carbocycles. The lowest BCUT2D eigenvalue weighted by molar-refractivity contribution is 0.0582. The highest BCUT2D eigenvalue weighted by molar-refractivity contribution is 5.93. The highest BCUT2D eigenvalue weighted by Gasteiger charge is 2.38. The fourth-order valence-corrected chi connectivity index (χ4v) is 4.30. The number of aryl methyl sites for hydroxylation is 3. The molecule has 0 unspecified atom stereocenters. The zero-order valence-electron chi connectivity index (χ0n) is 16.0. The predicted molar refractivity (Wildman–Crippen MR) is 98.4 cm³/mol. The number of aromatic nitrogens is 3. The van der Waals surface area contributed by atoms with Crippen LogP contribution in [0.2, 0.25) is 0 Å². The number of fused-ring (bicyclic) bond motifs is 4. The Bertz CT molecular complexity index is 899. The van der Waals surface area contributed by atoms with Crippen molar-refractivity contribution in [3.8, 4) is 0 Å². The van der Waals surface area contributed by atoms with Crippen LogP contribution in [-0.2, 0) is 6.54 Å². The van der Waals surface area contributed by atoms with Crippen molar-refractivity contribution in [1.29, 1.82) is 0 Å². The first-order chi connectivity index (χ1) is 12.9. The van der Waals surface area contributed by atoms with Crippen LogP contribution >= 0.6 is 0 Å². The number of piperidine rings is 1. The van der Waals surface area contributed by atoms with Gasteiger partial charge in [-0.2, -0.15) is 0 Å². The number of aromatic amines is 1. The second kappa shape index (κ2) is 6.92. The number of hydrogen-bond donors (Lipinski definition) is 1. The summed E-state index contributed by atoms with van der Waals surface area (Å²) in [5, 5.41) is 4.05. The lowest BCUT2D eigenvalue weighted by Crippen LogP contribution is -2.48. The fraction of sp³-hybridized carbons (Fsp3) is 0.579. The largest absolute Gasteiger partial charge is 0.361 e. The quantitative estimate of drug-likeness (QED) is 0.877. The molecule has 27 heavy (non-hydrogen) atoms. The van der Waals surface area contributed by atoms with Gasteiger partial charge in [0.2, 0.25) is 0 Å². The summed E-state index contributed by atoms with van der Waals surface area (Å²) in [4.78, 5) is 36.2. The second-order valence-corrected chi connectivity index (χ2v) is 7.76. The van der Waals surface area contributed by atoms with Crippen LogP contribution in [0.3, 0.4) is 0 Å². The van der Waals surface area contributed by atoms with Crippen LogP contribution in [0, 0.1) is 26.7 Å². The molecule has 3 aliphatic heterocycles. The monoisotopic (exact) mass is 371 g/mol. The van der Waals surface area contributed by atoms with Crippen LogP contribution < -0.4 is 5.56 Å². The SMILES string of the molecule is Cc1ncc(C(=O)N2C[C@H]3CC[C@@H]2CN(Cc2c(C)noc2C)C3)c(=O)[nH]1. The Morgan fingerprint density at radius 3 is 2.78 bits per heavy atom. The van der Waals surface area contributed by atoms with Gasteiger partial charge in [0.25, 0.3) is 11.5 Å². The van der Waals surface area contributed by atoms with Crippen molar-refractivity contribution >= 4 is 5.91 Å². The molecule has 3 saturated heterocycles. The molecule has 1 amide bonds. The van der Waals surface area contributed by atoms with Gasteiger partial charge in [0.15, 0.2) is 0 Å². The Kier molecular flexibility index (Phi) is 4.59. The molecular weight excluding hydrogens is 346 g/mol. The number of hydrogen-bond acceptors (Lipinski definition) is 6. The highest BCUT2D eigenvalue weighted by Crippen LogP contribution is 2.30. The Balaban J connectivity index is 1.54. The van der Waals surface area contributed by atoms with Crippen LogP contribution in [0.25, 0.3) is 0 Å². The van der Waals surface area contributed by atoms with Crippen molar-refractivity contribution in [3.05, 3.63) is 45.0 Å². The maximum atomic E-state index is 13.0. The Morgan fingerprint density at radius 2 is 2.07 bits per heavy atom. The zero-order valence-corrected chi connectivity index (χ0v) is 16.0. The third kappa shape index (κ3) is 3.41. The highest BCUT2D eigenvalue weighted by atomic mass is 16.5. The Hall–Kier alpha value is -2.48. The van der Waals surface area contributed by atoms with Gasteiger partial charge >= 0.3 is 0 Å². The third-order valence-electron chi connectivity index (χ3n) is 5.77. The summed E-state index contributed by atoms with van der Waals surface area (Å²) in [6.45, 7) is 8.81. The summed E-state index contributed by atoms with van der Waals surface area (Å²) in [6.07, 6.45) is 3.47. The molecule has 3 aliphatic rings. The molecule has 8 heteroatoms. The van der Waals surface area contributed by atoms with Gasteiger partial charge < -0.3 is 14.4 Å². The molecule has 2 aromatic heterocycles. The van der Waals surface area contributed by atoms with E-state index in [1.807, 2.05) is 18.7 Å². The van der Waals surface area contributed by atoms with Gasteiger partial charge in [-0.05, 0) is 39.5 Å². The minimum atomic E-state index is -0.361. The van der Waals surface area contributed by atoms with E-state index in [1.165, 1.54) is 6.20 Å². The first kappa shape index (κ1) is 17.9. The van der Waals surface area contributed by atoms with Crippen molar-refractivity contribution < 1.29 is 9.32 Å². The molecule has 0 aliphatic carbocycles. The smallest absolute Gasteiger partial charge is 0.263 e. The molecule has 144 valence electrons. The van der Waals surface area contributed by atoms with Crippen LogP contribution in [-0.4, -0.2) is 56.5 Å². The number of amides is 1. The van der Waals surface area contributed by atoms with Gasteiger partial charge in [0.1, 0.15) is 17.1 Å². The van der Waals surface area contributed by atoms with Crippen LogP contribution in [0.5, 0.6) is 0 Å². The number of carbonyl (C=O) groups is 1. The molecule has 2 aromatic rings. The van der Waals surface area contributed by atoms with E-state index in [2.05, 4.69) is 20.0 Å². The Morgan fingerprint density at radius 1 is 1.26 bits per heavy atom. The average molecular weight is 371 g/mol. The van der Waals surface area contributed by atoms with Crippen molar-refractivity contribution in [2.24, 2.45) is 5.92 Å². The molecule has 0 saturated carbocycles. The van der Waals surface area contributed by atoms with Gasteiger partial charge in [0, 0.05) is 44.0 Å². The summed E-state index contributed by atoms with van der Waals surface area (Å²) in [7, 11) is 0. The fourth-order valence-electron chi connectivity index (χ4n) is 4.30. The zero-order chi connectivity index (χ0) is 19.1. The molecular formula is C19H25N5O3. The van der Waals surface area contributed by atoms with Crippen molar-refractivity contribution in [3.63, 3.8) is 0 Å². The molecule has 8 nitrogen and oxygen atoms in total. The summed E-state index contributed by atoms with van der Waals surface area (Å²) in [6, 6.07) is 0.109. The van der Waals surface area contributed by atoms with Crippen LogP contribution in [0.1, 0.15) is 46.0 Å². The lowest BCUT2D eigenvalue weighted by Gasteiger charge is -2.36. The molecule has 0 spiro atoms. The van der Waals surface area contributed by atoms with E-state index in [1.54, 1.807) is 6.92 Å². The van der Waals surface area contributed by atoms with Crippen molar-refractivity contribution in [2.45, 2.75) is 46.2 Å². The van der Waals surface area contributed by atoms with Gasteiger partial charge in [-0.3, -0.25) is 14.5 Å². The number of rotatable bonds is 3. The van der Waals surface area contributed by atoms with E-state index in [9.17, 15) is 9.59 Å². The standard InChI is InChI=1S/C19H25N5O3/c1-11-17(12(2)27-22-11)10-23-7-14-4-5-15(9-23)24(8-14)19(26)16-6-20-13(3)21-18(16)25/h6,14-15H,4-5,7-10H2,1-3H3,(H,20,21,25)/t14-,15+/m0/s1. The molecule has 5 heterocycles. The van der Waals surface area contributed by atoms with Gasteiger partial charge in [-0.1, -0.05) is 5.16 Å². The number of nitrogens with zero attached hydrogens (tertiary/aromatic N) is 4. The van der Waals surface area contributed by atoms with E-state index >= 15 is 0 Å². The summed E-state index contributed by atoms with van der Waals surface area (Å²) in [5.74, 6) is 1.57. The topological polar surface area (TPSA) is 95.3 Å². The van der Waals surface area contributed by atoms with Crippen LogP contribution in [0.4, 0.5) is 0 Å². The minimum absolute atomic E-state index is 0.109. The number of H-pyrrole nitrogens is 1. The predicted octanol–water partition coefficient (Wildman–Crippen LogP) is 1.42. The van der Waals surface area contributed by atoms with E-state index in [0.717, 1.165) is 49.5 Å². The Labute approximate surface area is 157 Å². The van der Waals surface area contributed by atoms with Gasteiger partial charge in [0.05, 0.1) is 5.69 Å². The summed E-state index contributed by atoms with van der Waals surface area (Å²) < 4.78 is 5.29.